The molecule has 0 spiro atoms. The summed E-state index contributed by atoms with van der Waals surface area (Å²) in [5.41, 5.74) is 1.48. The van der Waals surface area contributed by atoms with Gasteiger partial charge in [-0.15, -0.1) is 0 Å². The number of sulfone groups is 1. The Hall–Kier alpha value is -3.40. The van der Waals surface area contributed by atoms with E-state index in [1.54, 1.807) is 36.4 Å². The Balaban J connectivity index is 1.69. The quantitative estimate of drug-likeness (QED) is 0.397. The van der Waals surface area contributed by atoms with Gasteiger partial charge >= 0.3 is 6.09 Å². The van der Waals surface area contributed by atoms with Gasteiger partial charge in [-0.25, -0.2) is 13.2 Å². The summed E-state index contributed by atoms with van der Waals surface area (Å²) in [5, 5.41) is 22.9. The molecule has 0 aliphatic rings. The van der Waals surface area contributed by atoms with Crippen molar-refractivity contribution in [3.8, 4) is 0 Å². The van der Waals surface area contributed by atoms with Gasteiger partial charge in [-0.1, -0.05) is 41.9 Å². The highest BCUT2D eigenvalue weighted by Crippen LogP contribution is 2.23. The first-order valence-corrected chi connectivity index (χ1v) is 12.6. The van der Waals surface area contributed by atoms with E-state index in [9.17, 15) is 28.2 Å². The second-order valence-electron chi connectivity index (χ2n) is 7.80. The molecule has 1 atom stereocenters. The summed E-state index contributed by atoms with van der Waals surface area (Å²) in [6.45, 7) is -0.0307. The molecule has 184 valence electrons. The molecule has 0 fully saturated rings. The number of nitrogens with zero attached hydrogens (tertiary/aromatic N) is 1. The number of nitrogens with one attached hydrogen (secondary N) is 1. The Morgan fingerprint density at radius 2 is 1.69 bits per heavy atom. The van der Waals surface area contributed by atoms with E-state index in [1.807, 2.05) is 0 Å². The van der Waals surface area contributed by atoms with Gasteiger partial charge < -0.3 is 20.4 Å². The third-order valence-corrected chi connectivity index (χ3v) is 7.44. The molecule has 0 heterocycles. The average molecular weight is 517 g/mol. The fourth-order valence-electron chi connectivity index (χ4n) is 3.48. The number of carbonyl (C=O) groups is 2. The van der Waals surface area contributed by atoms with Crippen LogP contribution in [0.5, 0.6) is 0 Å². The van der Waals surface area contributed by atoms with E-state index in [2.05, 4.69) is 5.32 Å². The number of hydrogen-bond acceptors (Lipinski definition) is 5. The van der Waals surface area contributed by atoms with Gasteiger partial charge in [0.1, 0.15) is 0 Å². The lowest BCUT2D eigenvalue weighted by molar-refractivity contribution is 0.0962. The lowest BCUT2D eigenvalue weighted by atomic mass is 10.1. The Labute approximate surface area is 208 Å². The van der Waals surface area contributed by atoms with Gasteiger partial charge in [-0.3, -0.25) is 4.79 Å². The largest absolute Gasteiger partial charge is 0.465 e. The molecule has 3 aromatic rings. The lowest BCUT2D eigenvalue weighted by Gasteiger charge is -2.23. The minimum absolute atomic E-state index is 0.00148. The smallest absolute Gasteiger partial charge is 0.407 e. The molecule has 0 radical (unpaired) electrons. The molecule has 2 amide bonds. The minimum Gasteiger partial charge on any atom is -0.465 e. The van der Waals surface area contributed by atoms with E-state index in [0.717, 1.165) is 10.5 Å². The first kappa shape index (κ1) is 26.2. The number of carboxylic acid groups (broad SMARTS) is 1. The molecular weight excluding hydrogens is 492 g/mol. The first-order valence-electron chi connectivity index (χ1n) is 10.7. The van der Waals surface area contributed by atoms with Crippen LogP contribution in [0, 0.1) is 0 Å². The monoisotopic (exact) mass is 516 g/mol. The van der Waals surface area contributed by atoms with E-state index in [-0.39, 0.29) is 34.4 Å². The highest BCUT2D eigenvalue weighted by atomic mass is 35.5. The second kappa shape index (κ2) is 11.4. The predicted molar refractivity (Wildman–Crippen MR) is 131 cm³/mol. The Bertz CT molecular complexity index is 1310. The fraction of sp³-hybridized carbons (Fsp3) is 0.200. The van der Waals surface area contributed by atoms with Gasteiger partial charge in [-0.2, -0.15) is 0 Å². The van der Waals surface area contributed by atoms with Gasteiger partial charge in [0.05, 0.1) is 22.4 Å². The molecular formula is C25H25ClN2O6S. The van der Waals surface area contributed by atoms with Crippen LogP contribution in [0.25, 0.3) is 0 Å². The van der Waals surface area contributed by atoms with Crippen molar-refractivity contribution < 1.29 is 28.2 Å². The molecule has 3 N–H and O–H groups in total. The topological polar surface area (TPSA) is 124 Å². The van der Waals surface area contributed by atoms with Crippen molar-refractivity contribution in [2.45, 2.75) is 22.3 Å². The Morgan fingerprint density at radius 3 is 2.31 bits per heavy atom. The third-order valence-electron chi connectivity index (χ3n) is 5.43. The molecule has 3 aromatic carbocycles. The molecule has 0 aliphatic heterocycles. The van der Waals surface area contributed by atoms with Crippen LogP contribution < -0.4 is 5.32 Å². The number of hydrogen-bond donors (Lipinski definition) is 3. The van der Waals surface area contributed by atoms with E-state index < -0.39 is 22.0 Å². The van der Waals surface area contributed by atoms with E-state index in [1.165, 1.54) is 43.4 Å². The van der Waals surface area contributed by atoms with Crippen LogP contribution in [0.2, 0.25) is 5.02 Å². The van der Waals surface area contributed by atoms with Gasteiger partial charge in [0.2, 0.25) is 9.84 Å². The summed E-state index contributed by atoms with van der Waals surface area (Å²) >= 11 is 5.94. The minimum atomic E-state index is -3.84. The standard InChI is InChI=1S/C25H25ClN2O6S/c1-27-24(30)19-5-3-7-22(15-19)35(33,34)21-10-8-17(9-11-21)12-13-28(25(31)32)16-23(29)18-4-2-6-20(26)14-18/h2-11,14-15,23,29H,12-13,16H2,1H3,(H,27,30)(H,31,32)/t23-/m1/s1. The summed E-state index contributed by atoms with van der Waals surface area (Å²) < 4.78 is 26.0. The van der Waals surface area contributed by atoms with Crippen LogP contribution in [-0.4, -0.2) is 55.7 Å². The molecule has 8 nitrogen and oxygen atoms in total. The SMILES string of the molecule is CNC(=O)c1cccc(S(=O)(=O)c2ccc(CCN(C[C@@H](O)c3cccc(Cl)c3)C(=O)O)cc2)c1. The molecule has 10 heteroatoms. The summed E-state index contributed by atoms with van der Waals surface area (Å²) in [6, 6.07) is 18.5. The van der Waals surface area contributed by atoms with Crippen molar-refractivity contribution in [1.82, 2.24) is 10.2 Å². The summed E-state index contributed by atoms with van der Waals surface area (Å²) in [5.74, 6) is -0.388. The number of aliphatic hydroxyl groups excluding tert-OH is 1. The zero-order valence-corrected chi connectivity index (χ0v) is 20.5. The third kappa shape index (κ3) is 6.60. The van der Waals surface area contributed by atoms with E-state index in [4.69, 9.17) is 11.6 Å². The predicted octanol–water partition coefficient (Wildman–Crippen LogP) is 3.79. The van der Waals surface area contributed by atoms with Crippen molar-refractivity contribution in [1.29, 1.82) is 0 Å². The number of aliphatic hydroxyl groups is 1. The molecule has 0 aliphatic carbocycles. The molecule has 0 bridgehead atoms. The molecule has 0 saturated heterocycles. The van der Waals surface area contributed by atoms with Gasteiger partial charge in [0.25, 0.3) is 5.91 Å². The van der Waals surface area contributed by atoms with Crippen LogP contribution in [-0.2, 0) is 16.3 Å². The maximum absolute atomic E-state index is 13.0. The number of benzene rings is 3. The molecule has 35 heavy (non-hydrogen) atoms. The maximum atomic E-state index is 13.0. The zero-order chi connectivity index (χ0) is 25.6. The lowest BCUT2D eigenvalue weighted by Crippen LogP contribution is -2.35. The number of carbonyl (C=O) groups excluding carboxylic acids is 1. The average Bonchev–Trinajstić information content (AvgIpc) is 2.86. The highest BCUT2D eigenvalue weighted by Gasteiger charge is 2.20. The van der Waals surface area contributed by atoms with Crippen molar-refractivity contribution in [3.63, 3.8) is 0 Å². The Kier molecular flexibility index (Phi) is 8.50. The van der Waals surface area contributed by atoms with Crippen LogP contribution in [0.15, 0.2) is 82.6 Å². The van der Waals surface area contributed by atoms with Gasteiger partial charge in [0.15, 0.2) is 0 Å². The van der Waals surface area contributed by atoms with Crippen molar-refractivity contribution in [2.75, 3.05) is 20.1 Å². The van der Waals surface area contributed by atoms with Crippen molar-refractivity contribution >= 4 is 33.4 Å². The van der Waals surface area contributed by atoms with Crippen molar-refractivity contribution in [2.24, 2.45) is 0 Å². The number of halogens is 1. The normalized spacial score (nSPS) is 12.1. The maximum Gasteiger partial charge on any atom is 0.407 e. The van der Waals surface area contributed by atoms with Gasteiger partial charge in [0, 0.05) is 24.2 Å². The van der Waals surface area contributed by atoms with E-state index in [0.29, 0.717) is 17.0 Å². The fourth-order valence-corrected chi connectivity index (χ4v) is 4.98. The van der Waals surface area contributed by atoms with Crippen LogP contribution >= 0.6 is 11.6 Å². The van der Waals surface area contributed by atoms with Crippen LogP contribution in [0.4, 0.5) is 4.79 Å². The number of rotatable bonds is 9. The first-order chi connectivity index (χ1) is 16.6. The number of amides is 2. The summed E-state index contributed by atoms with van der Waals surface area (Å²) in [7, 11) is -2.38. The Morgan fingerprint density at radius 1 is 1.00 bits per heavy atom. The summed E-state index contributed by atoms with van der Waals surface area (Å²) in [4.78, 5) is 24.7. The molecule has 3 rings (SSSR count). The van der Waals surface area contributed by atoms with Gasteiger partial charge in [-0.05, 0) is 60.0 Å². The molecule has 0 aromatic heterocycles. The van der Waals surface area contributed by atoms with Crippen LogP contribution in [0.3, 0.4) is 0 Å². The van der Waals surface area contributed by atoms with E-state index >= 15 is 0 Å². The van der Waals surface area contributed by atoms with Crippen molar-refractivity contribution in [3.05, 3.63) is 94.5 Å². The zero-order valence-electron chi connectivity index (χ0n) is 18.9. The molecule has 0 unspecified atom stereocenters. The van der Waals surface area contributed by atoms with Crippen LogP contribution in [0.1, 0.15) is 27.6 Å². The summed E-state index contributed by atoms with van der Waals surface area (Å²) in [6.07, 6.45) is -1.90. The molecule has 0 saturated carbocycles. The second-order valence-corrected chi connectivity index (χ2v) is 10.2. The highest BCUT2D eigenvalue weighted by molar-refractivity contribution is 7.91.